The molecular formula is C13H11BrF2N2. The van der Waals surface area contributed by atoms with E-state index in [2.05, 4.69) is 21.2 Å². The van der Waals surface area contributed by atoms with Gasteiger partial charge in [0.2, 0.25) is 0 Å². The van der Waals surface area contributed by atoms with Crippen LogP contribution in [0.15, 0.2) is 40.9 Å². The monoisotopic (exact) mass is 312 g/mol. The second-order valence-electron chi connectivity index (χ2n) is 3.81. The molecule has 2 aromatic carbocycles. The van der Waals surface area contributed by atoms with Crippen LogP contribution in [0.25, 0.3) is 0 Å². The van der Waals surface area contributed by atoms with Crippen molar-refractivity contribution in [1.29, 1.82) is 0 Å². The molecule has 3 N–H and O–H groups in total. The molecule has 18 heavy (non-hydrogen) atoms. The number of nitrogen functional groups attached to an aromatic ring is 1. The maximum Gasteiger partial charge on any atom is 0.183 e. The Kier molecular flexibility index (Phi) is 3.81. The maximum absolute atomic E-state index is 13.5. The van der Waals surface area contributed by atoms with Crippen LogP contribution in [0.1, 0.15) is 5.56 Å². The number of hydrogen-bond acceptors (Lipinski definition) is 2. The van der Waals surface area contributed by atoms with Crippen LogP contribution in [-0.2, 0) is 6.54 Å². The van der Waals surface area contributed by atoms with E-state index < -0.39 is 11.6 Å². The van der Waals surface area contributed by atoms with Gasteiger partial charge < -0.3 is 11.1 Å². The molecule has 2 nitrogen and oxygen atoms in total. The van der Waals surface area contributed by atoms with E-state index in [4.69, 9.17) is 5.73 Å². The van der Waals surface area contributed by atoms with Gasteiger partial charge >= 0.3 is 0 Å². The van der Waals surface area contributed by atoms with Crippen LogP contribution in [0.3, 0.4) is 0 Å². The van der Waals surface area contributed by atoms with Gasteiger partial charge in [0.05, 0.1) is 11.4 Å². The van der Waals surface area contributed by atoms with Crippen molar-refractivity contribution in [3.05, 3.63) is 58.1 Å². The third kappa shape index (κ3) is 2.79. The fourth-order valence-electron chi connectivity index (χ4n) is 1.54. The van der Waals surface area contributed by atoms with Crippen molar-refractivity contribution in [1.82, 2.24) is 0 Å². The Hall–Kier alpha value is -1.62. The molecule has 94 valence electrons. The summed E-state index contributed by atoms with van der Waals surface area (Å²) in [6.07, 6.45) is 0. The molecule has 0 atom stereocenters. The number of halogens is 3. The average Bonchev–Trinajstić information content (AvgIpc) is 2.36. The molecule has 0 aliphatic rings. The van der Waals surface area contributed by atoms with Gasteiger partial charge in [-0.25, -0.2) is 8.78 Å². The molecule has 0 unspecified atom stereocenters. The highest BCUT2D eigenvalue weighted by atomic mass is 79.9. The number of anilines is 2. The zero-order valence-electron chi connectivity index (χ0n) is 9.38. The lowest BCUT2D eigenvalue weighted by Crippen LogP contribution is -2.06. The van der Waals surface area contributed by atoms with Gasteiger partial charge in [-0.15, -0.1) is 0 Å². The molecule has 5 heteroatoms. The zero-order chi connectivity index (χ0) is 13.1. The van der Waals surface area contributed by atoms with Gasteiger partial charge in [0, 0.05) is 11.0 Å². The highest BCUT2D eigenvalue weighted by molar-refractivity contribution is 9.10. The van der Waals surface area contributed by atoms with E-state index in [-0.39, 0.29) is 11.4 Å². The summed E-state index contributed by atoms with van der Waals surface area (Å²) in [6, 6.07) is 9.86. The highest BCUT2D eigenvalue weighted by Gasteiger charge is 2.11. The van der Waals surface area contributed by atoms with E-state index in [0.29, 0.717) is 6.54 Å². The summed E-state index contributed by atoms with van der Waals surface area (Å²) in [4.78, 5) is 0. The summed E-state index contributed by atoms with van der Waals surface area (Å²) in [7, 11) is 0. The molecular weight excluding hydrogens is 302 g/mol. The van der Waals surface area contributed by atoms with Crippen LogP contribution >= 0.6 is 15.9 Å². The molecule has 2 aromatic rings. The number of hydrogen-bond donors (Lipinski definition) is 2. The summed E-state index contributed by atoms with van der Waals surface area (Å²) >= 11 is 3.32. The lowest BCUT2D eigenvalue weighted by Gasteiger charge is -2.11. The SMILES string of the molecule is Nc1ccc(F)c(F)c1NCc1ccc(Br)cc1. The predicted octanol–water partition coefficient (Wildman–Crippen LogP) is 3.92. The first-order valence-electron chi connectivity index (χ1n) is 5.29. The number of rotatable bonds is 3. The first-order chi connectivity index (χ1) is 8.58. The lowest BCUT2D eigenvalue weighted by molar-refractivity contribution is 0.511. The average molecular weight is 313 g/mol. The van der Waals surface area contributed by atoms with E-state index in [0.717, 1.165) is 16.1 Å². The predicted molar refractivity (Wildman–Crippen MR) is 72.2 cm³/mol. The quantitative estimate of drug-likeness (QED) is 0.843. The Morgan fingerprint density at radius 3 is 2.39 bits per heavy atom. The first-order valence-corrected chi connectivity index (χ1v) is 6.09. The van der Waals surface area contributed by atoms with E-state index in [1.54, 1.807) is 0 Å². The Bertz CT molecular complexity index is 556. The molecule has 0 saturated heterocycles. The van der Waals surface area contributed by atoms with E-state index in [1.165, 1.54) is 6.07 Å². The van der Waals surface area contributed by atoms with Crippen molar-refractivity contribution in [2.75, 3.05) is 11.1 Å². The van der Waals surface area contributed by atoms with Crippen LogP contribution in [0, 0.1) is 11.6 Å². The Balaban J connectivity index is 2.15. The summed E-state index contributed by atoms with van der Waals surface area (Å²) in [5.74, 6) is -1.87. The smallest absolute Gasteiger partial charge is 0.183 e. The first kappa shape index (κ1) is 12.8. The Morgan fingerprint density at radius 2 is 1.72 bits per heavy atom. The van der Waals surface area contributed by atoms with Gasteiger partial charge in [-0.2, -0.15) is 0 Å². The van der Waals surface area contributed by atoms with Crippen LogP contribution in [0.2, 0.25) is 0 Å². The molecule has 0 bridgehead atoms. The minimum atomic E-state index is -0.952. The van der Waals surface area contributed by atoms with Crippen molar-refractivity contribution < 1.29 is 8.78 Å². The van der Waals surface area contributed by atoms with Crippen LogP contribution in [0.5, 0.6) is 0 Å². The molecule has 0 spiro atoms. The van der Waals surface area contributed by atoms with Crippen molar-refractivity contribution in [3.63, 3.8) is 0 Å². The third-order valence-corrected chi connectivity index (χ3v) is 3.04. The van der Waals surface area contributed by atoms with Crippen molar-refractivity contribution in [3.8, 4) is 0 Å². The second-order valence-corrected chi connectivity index (χ2v) is 4.72. The molecule has 0 aromatic heterocycles. The van der Waals surface area contributed by atoms with Gasteiger partial charge in [0.25, 0.3) is 0 Å². The summed E-state index contributed by atoms with van der Waals surface area (Å²) in [5.41, 5.74) is 6.73. The molecule has 0 heterocycles. The molecule has 0 amide bonds. The fraction of sp³-hybridized carbons (Fsp3) is 0.0769. The van der Waals surface area contributed by atoms with Crippen LogP contribution in [-0.4, -0.2) is 0 Å². The molecule has 0 aliphatic carbocycles. The highest BCUT2D eigenvalue weighted by Crippen LogP contribution is 2.25. The number of nitrogens with two attached hydrogens (primary N) is 1. The van der Waals surface area contributed by atoms with Crippen LogP contribution < -0.4 is 11.1 Å². The largest absolute Gasteiger partial charge is 0.397 e. The standard InChI is InChI=1S/C13H11BrF2N2/c14-9-3-1-8(2-4-9)7-18-13-11(17)6-5-10(15)12(13)16/h1-6,18H,7,17H2. The van der Waals surface area contributed by atoms with Crippen molar-refractivity contribution >= 4 is 27.3 Å². The topological polar surface area (TPSA) is 38.0 Å². The minimum absolute atomic E-state index is 0.00193. The zero-order valence-corrected chi connectivity index (χ0v) is 11.0. The van der Waals surface area contributed by atoms with Gasteiger partial charge in [0.1, 0.15) is 0 Å². The normalized spacial score (nSPS) is 10.4. The fourth-order valence-corrected chi connectivity index (χ4v) is 1.80. The van der Waals surface area contributed by atoms with Gasteiger partial charge in [-0.1, -0.05) is 28.1 Å². The number of nitrogens with one attached hydrogen (secondary N) is 1. The Morgan fingerprint density at radius 1 is 1.06 bits per heavy atom. The summed E-state index contributed by atoms with van der Waals surface area (Å²) in [6.45, 7) is 0.373. The molecule has 0 fully saturated rings. The van der Waals surface area contributed by atoms with Crippen molar-refractivity contribution in [2.45, 2.75) is 6.54 Å². The van der Waals surface area contributed by atoms with Crippen LogP contribution in [0.4, 0.5) is 20.2 Å². The summed E-state index contributed by atoms with van der Waals surface area (Å²) in [5, 5.41) is 2.80. The molecule has 0 radical (unpaired) electrons. The third-order valence-electron chi connectivity index (χ3n) is 2.51. The molecule has 0 aliphatic heterocycles. The van der Waals surface area contributed by atoms with E-state index >= 15 is 0 Å². The lowest BCUT2D eigenvalue weighted by atomic mass is 10.2. The maximum atomic E-state index is 13.5. The number of benzene rings is 2. The van der Waals surface area contributed by atoms with Gasteiger partial charge in [0.15, 0.2) is 11.6 Å². The van der Waals surface area contributed by atoms with Crippen molar-refractivity contribution in [2.24, 2.45) is 0 Å². The molecule has 2 rings (SSSR count). The van der Waals surface area contributed by atoms with E-state index in [1.807, 2.05) is 24.3 Å². The van der Waals surface area contributed by atoms with Gasteiger partial charge in [-0.05, 0) is 29.8 Å². The van der Waals surface area contributed by atoms with E-state index in [9.17, 15) is 8.78 Å². The van der Waals surface area contributed by atoms with Gasteiger partial charge in [-0.3, -0.25) is 0 Å². The Labute approximate surface area is 112 Å². The molecule has 0 saturated carbocycles. The second kappa shape index (κ2) is 5.35. The summed E-state index contributed by atoms with van der Waals surface area (Å²) < 4.78 is 27.5. The minimum Gasteiger partial charge on any atom is -0.397 e.